The molecule has 2 aliphatic carbocycles. The van der Waals surface area contributed by atoms with Crippen molar-refractivity contribution in [2.24, 2.45) is 17.3 Å². The van der Waals surface area contributed by atoms with E-state index >= 15 is 0 Å². The minimum Gasteiger partial charge on any atom is -0.458 e. The maximum absolute atomic E-state index is 11.6. The van der Waals surface area contributed by atoms with Crippen LogP contribution >= 0.6 is 0 Å². The number of hydrogen-bond acceptors (Lipinski definition) is 2. The Morgan fingerprint density at radius 1 is 1.47 bits per heavy atom. The van der Waals surface area contributed by atoms with Gasteiger partial charge in [-0.25, -0.2) is 4.79 Å². The Hall–Kier alpha value is -1.05. The van der Waals surface area contributed by atoms with Crippen LogP contribution < -0.4 is 0 Å². The minimum atomic E-state index is -0.170. The Labute approximate surface area is 103 Å². The summed E-state index contributed by atoms with van der Waals surface area (Å²) in [5.41, 5.74) is 2.49. The summed E-state index contributed by atoms with van der Waals surface area (Å²) in [6.07, 6.45) is 6.85. The highest BCUT2D eigenvalue weighted by molar-refractivity contribution is 5.91. The molecule has 0 radical (unpaired) electrons. The van der Waals surface area contributed by atoms with Crippen molar-refractivity contribution in [1.29, 1.82) is 0 Å². The van der Waals surface area contributed by atoms with E-state index in [4.69, 9.17) is 4.74 Å². The molecule has 0 aromatic carbocycles. The molecule has 0 amide bonds. The van der Waals surface area contributed by atoms with Crippen LogP contribution in [0.25, 0.3) is 0 Å². The molecule has 3 aliphatic rings. The van der Waals surface area contributed by atoms with Crippen LogP contribution in [0, 0.1) is 17.3 Å². The fourth-order valence-electron chi connectivity index (χ4n) is 3.93. The molecule has 2 nitrogen and oxygen atoms in total. The van der Waals surface area contributed by atoms with Gasteiger partial charge < -0.3 is 4.74 Å². The molecule has 1 saturated heterocycles. The number of ether oxygens (including phenoxy) is 1. The van der Waals surface area contributed by atoms with Gasteiger partial charge in [-0.2, -0.15) is 0 Å². The third kappa shape index (κ3) is 1.57. The number of fused-ring (bicyclic) bond motifs is 2. The molecule has 0 aromatic heterocycles. The molecule has 0 spiro atoms. The lowest BCUT2D eigenvalue weighted by atomic mass is 9.60. The molecule has 3 rings (SSSR count). The van der Waals surface area contributed by atoms with Crippen LogP contribution in [0.5, 0.6) is 0 Å². The normalized spacial score (nSPS) is 44.8. The summed E-state index contributed by atoms with van der Waals surface area (Å²) in [5, 5.41) is 0. The molecule has 1 aliphatic heterocycles. The van der Waals surface area contributed by atoms with E-state index in [0.29, 0.717) is 5.57 Å². The summed E-state index contributed by atoms with van der Waals surface area (Å²) in [5.74, 6) is 0.845. The van der Waals surface area contributed by atoms with Gasteiger partial charge in [0.05, 0.1) is 0 Å². The number of hydrogen-bond donors (Lipinski definition) is 0. The van der Waals surface area contributed by atoms with Gasteiger partial charge in [0.1, 0.15) is 6.10 Å². The predicted octanol–water partition coefficient (Wildman–Crippen LogP) is 3.24. The molecule has 1 heterocycles. The second-order valence-electron chi connectivity index (χ2n) is 6.32. The number of esters is 1. The molecule has 2 fully saturated rings. The average molecular weight is 232 g/mol. The average Bonchev–Trinajstić information content (AvgIpc) is 2.51. The fourth-order valence-corrected chi connectivity index (χ4v) is 3.93. The van der Waals surface area contributed by atoms with E-state index in [2.05, 4.69) is 26.5 Å². The van der Waals surface area contributed by atoms with Crippen molar-refractivity contribution in [1.82, 2.24) is 0 Å². The van der Waals surface area contributed by atoms with E-state index < -0.39 is 0 Å². The number of rotatable bonds is 0. The van der Waals surface area contributed by atoms with E-state index in [9.17, 15) is 4.79 Å². The molecule has 92 valence electrons. The predicted molar refractivity (Wildman–Crippen MR) is 66.3 cm³/mol. The molecular weight excluding hydrogens is 212 g/mol. The van der Waals surface area contributed by atoms with Gasteiger partial charge in [-0.15, -0.1) is 0 Å². The quantitative estimate of drug-likeness (QED) is 0.364. The summed E-state index contributed by atoms with van der Waals surface area (Å²) in [6.45, 7) is 8.58. The van der Waals surface area contributed by atoms with Gasteiger partial charge in [0.25, 0.3) is 0 Å². The highest BCUT2D eigenvalue weighted by Gasteiger charge is 2.49. The monoisotopic (exact) mass is 232 g/mol. The lowest BCUT2D eigenvalue weighted by Gasteiger charge is -2.45. The summed E-state index contributed by atoms with van der Waals surface area (Å²) >= 11 is 0. The van der Waals surface area contributed by atoms with E-state index in [1.807, 2.05) is 0 Å². The molecule has 1 saturated carbocycles. The van der Waals surface area contributed by atoms with E-state index in [1.165, 1.54) is 18.4 Å². The SMILES string of the molecule is C=C1C(=O)OC2CC3=CCC(C)CC3(C)CC12. The Balaban J connectivity index is 1.92. The second kappa shape index (κ2) is 3.47. The standard InChI is InChI=1S/C15H20O2/c1-9-4-5-11-6-13-12(8-15(11,3)7-9)10(2)14(16)17-13/h5,9,12-13H,2,4,6-8H2,1,3H3. The van der Waals surface area contributed by atoms with Gasteiger partial charge in [0.15, 0.2) is 0 Å². The van der Waals surface area contributed by atoms with Crippen molar-refractivity contribution in [3.63, 3.8) is 0 Å². The minimum absolute atomic E-state index is 0.0720. The topological polar surface area (TPSA) is 26.3 Å². The van der Waals surface area contributed by atoms with Crippen molar-refractivity contribution in [2.75, 3.05) is 0 Å². The highest BCUT2D eigenvalue weighted by Crippen LogP contribution is 2.54. The molecule has 2 heteroatoms. The van der Waals surface area contributed by atoms with Crippen LogP contribution in [-0.4, -0.2) is 12.1 Å². The van der Waals surface area contributed by atoms with E-state index in [0.717, 1.165) is 18.8 Å². The van der Waals surface area contributed by atoms with Gasteiger partial charge in [0, 0.05) is 17.9 Å². The first-order valence-corrected chi connectivity index (χ1v) is 6.59. The summed E-state index contributed by atoms with van der Waals surface area (Å²) in [4.78, 5) is 11.6. The van der Waals surface area contributed by atoms with Gasteiger partial charge >= 0.3 is 5.97 Å². The zero-order valence-corrected chi connectivity index (χ0v) is 10.7. The Kier molecular flexibility index (Phi) is 2.26. The van der Waals surface area contributed by atoms with Gasteiger partial charge in [-0.3, -0.25) is 0 Å². The van der Waals surface area contributed by atoms with Crippen molar-refractivity contribution in [3.8, 4) is 0 Å². The van der Waals surface area contributed by atoms with Crippen molar-refractivity contribution in [3.05, 3.63) is 23.8 Å². The van der Waals surface area contributed by atoms with Crippen molar-refractivity contribution < 1.29 is 9.53 Å². The van der Waals surface area contributed by atoms with E-state index in [-0.39, 0.29) is 23.4 Å². The zero-order valence-electron chi connectivity index (χ0n) is 10.7. The maximum atomic E-state index is 11.6. The summed E-state index contributed by atoms with van der Waals surface area (Å²) in [7, 11) is 0. The van der Waals surface area contributed by atoms with Crippen molar-refractivity contribution >= 4 is 5.97 Å². The van der Waals surface area contributed by atoms with Gasteiger partial charge in [-0.05, 0) is 30.6 Å². The third-order valence-corrected chi connectivity index (χ3v) is 4.85. The number of carbonyl (C=O) groups is 1. The maximum Gasteiger partial charge on any atom is 0.334 e. The molecule has 4 atom stereocenters. The lowest BCUT2D eigenvalue weighted by Crippen LogP contribution is -2.38. The molecule has 4 unspecified atom stereocenters. The molecule has 17 heavy (non-hydrogen) atoms. The van der Waals surface area contributed by atoms with Crippen LogP contribution in [0.2, 0.25) is 0 Å². The smallest absolute Gasteiger partial charge is 0.334 e. The summed E-state index contributed by atoms with van der Waals surface area (Å²) in [6, 6.07) is 0. The van der Waals surface area contributed by atoms with Crippen LogP contribution in [0.4, 0.5) is 0 Å². The Bertz CT molecular complexity index is 421. The van der Waals surface area contributed by atoms with Gasteiger partial charge in [0.2, 0.25) is 0 Å². The first kappa shape index (κ1) is 11.1. The third-order valence-electron chi connectivity index (χ3n) is 4.85. The largest absolute Gasteiger partial charge is 0.458 e. The van der Waals surface area contributed by atoms with E-state index in [1.54, 1.807) is 0 Å². The lowest BCUT2D eigenvalue weighted by molar-refractivity contribution is -0.139. The van der Waals surface area contributed by atoms with Gasteiger partial charge in [-0.1, -0.05) is 32.1 Å². The highest BCUT2D eigenvalue weighted by atomic mass is 16.6. The van der Waals surface area contributed by atoms with Crippen LogP contribution in [0.3, 0.4) is 0 Å². The molecule has 0 bridgehead atoms. The fraction of sp³-hybridized carbons (Fsp3) is 0.667. The zero-order chi connectivity index (χ0) is 12.2. The first-order valence-electron chi connectivity index (χ1n) is 6.59. The molecule has 0 N–H and O–H groups in total. The van der Waals surface area contributed by atoms with Crippen LogP contribution in [0.15, 0.2) is 23.8 Å². The molecular formula is C15H20O2. The number of allylic oxidation sites excluding steroid dienone is 1. The van der Waals surface area contributed by atoms with Crippen LogP contribution in [-0.2, 0) is 9.53 Å². The summed E-state index contributed by atoms with van der Waals surface area (Å²) < 4.78 is 5.42. The second-order valence-corrected chi connectivity index (χ2v) is 6.32. The molecule has 0 aromatic rings. The Morgan fingerprint density at radius 3 is 3.00 bits per heavy atom. The number of carbonyl (C=O) groups excluding carboxylic acids is 1. The first-order chi connectivity index (χ1) is 7.99. The van der Waals surface area contributed by atoms with Crippen molar-refractivity contribution in [2.45, 2.75) is 45.6 Å². The Morgan fingerprint density at radius 2 is 2.24 bits per heavy atom. The van der Waals surface area contributed by atoms with Crippen LogP contribution in [0.1, 0.15) is 39.5 Å².